The second-order valence-corrected chi connectivity index (χ2v) is 5.17. The highest BCUT2D eigenvalue weighted by Gasteiger charge is 2.13. The second-order valence-electron chi connectivity index (χ2n) is 4.32. The number of hydrogen-bond donors (Lipinski definition) is 2. The fourth-order valence-corrected chi connectivity index (χ4v) is 2.25. The lowest BCUT2D eigenvalue weighted by atomic mass is 10.1. The highest BCUT2D eigenvalue weighted by atomic mass is 35.5. The summed E-state index contributed by atoms with van der Waals surface area (Å²) in [5.74, 6) is -1.13. The summed E-state index contributed by atoms with van der Waals surface area (Å²) in [5, 5.41) is 19.8. The van der Waals surface area contributed by atoms with Crippen LogP contribution < -0.4 is 0 Å². The fraction of sp³-hybridized carbons (Fsp3) is 0.133. The number of ether oxygens (including phenoxy) is 1. The lowest BCUT2D eigenvalue weighted by Crippen LogP contribution is -2.08. The molecule has 0 bridgehead atoms. The molecule has 0 spiro atoms. The molecule has 0 heterocycles. The van der Waals surface area contributed by atoms with Gasteiger partial charge in [0.25, 0.3) is 0 Å². The summed E-state index contributed by atoms with van der Waals surface area (Å²) >= 11 is 11.8. The van der Waals surface area contributed by atoms with E-state index in [0.717, 1.165) is 11.6 Å². The van der Waals surface area contributed by atoms with Crippen molar-refractivity contribution in [2.45, 2.75) is 6.42 Å². The summed E-state index contributed by atoms with van der Waals surface area (Å²) in [6, 6.07) is 8.75. The molecule has 0 fully saturated rings. The van der Waals surface area contributed by atoms with Gasteiger partial charge in [-0.25, -0.2) is 4.79 Å². The molecule has 110 valence electrons. The van der Waals surface area contributed by atoms with Crippen LogP contribution in [-0.2, 0) is 11.2 Å². The molecular formula is C15H12Cl2O4. The quantitative estimate of drug-likeness (QED) is 0.838. The van der Waals surface area contributed by atoms with Crippen LogP contribution in [0.4, 0.5) is 0 Å². The predicted octanol–water partition coefficient (Wildman–Crippen LogP) is 3.80. The minimum atomic E-state index is -0.669. The first-order chi connectivity index (χ1) is 9.97. The van der Waals surface area contributed by atoms with Crippen LogP contribution in [0.1, 0.15) is 15.9 Å². The minimum absolute atomic E-state index is 0.00463. The van der Waals surface area contributed by atoms with E-state index < -0.39 is 5.97 Å². The largest absolute Gasteiger partial charge is 0.508 e. The van der Waals surface area contributed by atoms with E-state index in [1.54, 1.807) is 18.2 Å². The van der Waals surface area contributed by atoms with Crippen molar-refractivity contribution in [3.05, 3.63) is 57.6 Å². The zero-order chi connectivity index (χ0) is 15.4. The zero-order valence-electron chi connectivity index (χ0n) is 10.8. The Morgan fingerprint density at radius 1 is 1.10 bits per heavy atom. The zero-order valence-corrected chi connectivity index (χ0v) is 12.4. The van der Waals surface area contributed by atoms with E-state index in [4.69, 9.17) is 33.0 Å². The van der Waals surface area contributed by atoms with Gasteiger partial charge in [0.1, 0.15) is 17.1 Å². The first-order valence-corrected chi connectivity index (χ1v) is 6.86. The van der Waals surface area contributed by atoms with E-state index in [-0.39, 0.29) is 23.7 Å². The third kappa shape index (κ3) is 4.03. The average molecular weight is 327 g/mol. The van der Waals surface area contributed by atoms with Crippen LogP contribution in [-0.4, -0.2) is 22.8 Å². The molecule has 21 heavy (non-hydrogen) atoms. The first-order valence-electron chi connectivity index (χ1n) is 6.10. The predicted molar refractivity (Wildman–Crippen MR) is 80.2 cm³/mol. The van der Waals surface area contributed by atoms with E-state index in [0.29, 0.717) is 16.5 Å². The third-order valence-corrected chi connectivity index (χ3v) is 3.41. The van der Waals surface area contributed by atoms with E-state index in [9.17, 15) is 9.90 Å². The van der Waals surface area contributed by atoms with Gasteiger partial charge in [0.15, 0.2) is 0 Å². The maximum absolute atomic E-state index is 11.8. The molecule has 4 nitrogen and oxygen atoms in total. The summed E-state index contributed by atoms with van der Waals surface area (Å²) in [7, 11) is 0. The van der Waals surface area contributed by atoms with Crippen LogP contribution in [0.5, 0.6) is 11.5 Å². The van der Waals surface area contributed by atoms with Gasteiger partial charge in [0, 0.05) is 22.5 Å². The van der Waals surface area contributed by atoms with Crippen molar-refractivity contribution in [3.63, 3.8) is 0 Å². The standard InChI is InChI=1S/C15H12Cl2O4/c16-10-2-1-9(13(17)7-10)5-6-21-15(20)12-4-3-11(18)8-14(12)19/h1-4,7-8,18-19H,5-6H2. The molecule has 2 N–H and O–H groups in total. The monoisotopic (exact) mass is 326 g/mol. The number of hydrogen-bond acceptors (Lipinski definition) is 4. The summed E-state index contributed by atoms with van der Waals surface area (Å²) in [4.78, 5) is 11.8. The summed E-state index contributed by atoms with van der Waals surface area (Å²) in [5.41, 5.74) is 0.804. The van der Waals surface area contributed by atoms with Gasteiger partial charge in [-0.1, -0.05) is 29.3 Å². The van der Waals surface area contributed by atoms with Crippen molar-refractivity contribution in [2.24, 2.45) is 0 Å². The number of rotatable bonds is 4. The van der Waals surface area contributed by atoms with Crippen LogP contribution in [0.25, 0.3) is 0 Å². The minimum Gasteiger partial charge on any atom is -0.508 e. The summed E-state index contributed by atoms with van der Waals surface area (Å²) in [6.07, 6.45) is 0.431. The number of carbonyl (C=O) groups excluding carboxylic acids is 1. The Morgan fingerprint density at radius 2 is 1.86 bits per heavy atom. The maximum atomic E-state index is 11.8. The molecule has 0 saturated heterocycles. The van der Waals surface area contributed by atoms with Crippen LogP contribution in [0.3, 0.4) is 0 Å². The van der Waals surface area contributed by atoms with E-state index in [2.05, 4.69) is 0 Å². The van der Waals surface area contributed by atoms with Crippen molar-refractivity contribution >= 4 is 29.2 Å². The number of halogens is 2. The summed E-state index contributed by atoms with van der Waals surface area (Å²) < 4.78 is 5.07. The van der Waals surface area contributed by atoms with Crippen molar-refractivity contribution in [1.29, 1.82) is 0 Å². The molecule has 0 amide bonds. The van der Waals surface area contributed by atoms with Gasteiger partial charge in [0.05, 0.1) is 6.61 Å². The number of benzene rings is 2. The third-order valence-electron chi connectivity index (χ3n) is 2.82. The molecule has 0 aliphatic heterocycles. The molecule has 2 aromatic rings. The van der Waals surface area contributed by atoms with Crippen LogP contribution in [0.2, 0.25) is 10.0 Å². The molecular weight excluding hydrogens is 315 g/mol. The van der Waals surface area contributed by atoms with Gasteiger partial charge in [-0.2, -0.15) is 0 Å². The number of phenolic OH excluding ortho intramolecular Hbond substituents is 2. The van der Waals surface area contributed by atoms with Gasteiger partial charge in [-0.3, -0.25) is 0 Å². The number of aromatic hydroxyl groups is 2. The molecule has 6 heteroatoms. The van der Waals surface area contributed by atoms with E-state index >= 15 is 0 Å². The highest BCUT2D eigenvalue weighted by molar-refractivity contribution is 6.35. The van der Waals surface area contributed by atoms with Crippen molar-refractivity contribution < 1.29 is 19.7 Å². The molecule has 0 aromatic heterocycles. The fourth-order valence-electron chi connectivity index (χ4n) is 1.75. The number of phenols is 2. The molecule has 2 aromatic carbocycles. The summed E-state index contributed by atoms with van der Waals surface area (Å²) in [6.45, 7) is 0.112. The lowest BCUT2D eigenvalue weighted by Gasteiger charge is -2.08. The Hall–Kier alpha value is -1.91. The molecule has 0 aliphatic rings. The average Bonchev–Trinajstić information content (AvgIpc) is 2.41. The Labute approximate surface area is 131 Å². The molecule has 0 aliphatic carbocycles. The molecule has 0 radical (unpaired) electrons. The molecule has 0 atom stereocenters. The first kappa shape index (κ1) is 15.5. The maximum Gasteiger partial charge on any atom is 0.341 e. The van der Waals surface area contributed by atoms with E-state index in [1.165, 1.54) is 12.1 Å². The Kier molecular flexibility index (Phi) is 4.94. The van der Waals surface area contributed by atoms with Gasteiger partial charge < -0.3 is 14.9 Å². The molecule has 2 rings (SSSR count). The molecule has 0 saturated carbocycles. The number of esters is 1. The highest BCUT2D eigenvalue weighted by Crippen LogP contribution is 2.24. The van der Waals surface area contributed by atoms with Crippen LogP contribution >= 0.6 is 23.2 Å². The van der Waals surface area contributed by atoms with Crippen molar-refractivity contribution in [1.82, 2.24) is 0 Å². The van der Waals surface area contributed by atoms with Crippen molar-refractivity contribution in [2.75, 3.05) is 6.61 Å². The lowest BCUT2D eigenvalue weighted by molar-refractivity contribution is 0.0506. The van der Waals surface area contributed by atoms with Crippen molar-refractivity contribution in [3.8, 4) is 11.5 Å². The smallest absolute Gasteiger partial charge is 0.341 e. The topological polar surface area (TPSA) is 66.8 Å². The number of carbonyl (C=O) groups is 1. The normalized spacial score (nSPS) is 10.4. The second kappa shape index (κ2) is 6.70. The Bertz CT molecular complexity index is 671. The Morgan fingerprint density at radius 3 is 2.52 bits per heavy atom. The van der Waals surface area contributed by atoms with Gasteiger partial charge >= 0.3 is 5.97 Å². The van der Waals surface area contributed by atoms with Gasteiger partial charge in [0.2, 0.25) is 0 Å². The van der Waals surface area contributed by atoms with Crippen LogP contribution in [0.15, 0.2) is 36.4 Å². The SMILES string of the molecule is O=C(OCCc1ccc(Cl)cc1Cl)c1ccc(O)cc1O. The van der Waals surface area contributed by atoms with E-state index in [1.807, 2.05) is 0 Å². The van der Waals surface area contributed by atoms with Gasteiger partial charge in [-0.05, 0) is 29.8 Å². The molecule has 0 unspecified atom stereocenters. The van der Waals surface area contributed by atoms with Crippen LogP contribution in [0, 0.1) is 0 Å². The Balaban J connectivity index is 1.95. The van der Waals surface area contributed by atoms with Gasteiger partial charge in [-0.15, -0.1) is 0 Å².